The lowest BCUT2D eigenvalue weighted by atomic mass is 9.99. The molecule has 1 aliphatic heterocycles. The molecule has 0 spiro atoms. The number of esters is 1. The predicted octanol–water partition coefficient (Wildman–Crippen LogP) is 1.78. The first-order valence-corrected chi connectivity index (χ1v) is 7.73. The number of ether oxygens (including phenoxy) is 2. The Balaban J connectivity index is 2.45. The molecule has 1 rings (SSSR count). The Bertz CT molecular complexity index is 339. The smallest absolute Gasteiger partial charge is 0.409 e. The quantitative estimate of drug-likeness (QED) is 0.757. The molecule has 21 heavy (non-hydrogen) atoms. The zero-order valence-corrected chi connectivity index (χ0v) is 13.6. The molecular weight excluding hydrogens is 272 g/mol. The van der Waals surface area contributed by atoms with Gasteiger partial charge in [-0.15, -0.1) is 0 Å². The van der Waals surface area contributed by atoms with E-state index in [0.717, 1.165) is 19.3 Å². The lowest BCUT2D eigenvalue weighted by Crippen LogP contribution is -2.50. The van der Waals surface area contributed by atoms with Gasteiger partial charge in [-0.25, -0.2) is 4.79 Å². The molecule has 6 nitrogen and oxygen atoms in total. The number of amides is 1. The lowest BCUT2D eigenvalue weighted by molar-refractivity contribution is -0.144. The molecule has 1 N–H and O–H groups in total. The zero-order chi connectivity index (χ0) is 15.8. The molecule has 0 saturated carbocycles. The van der Waals surface area contributed by atoms with E-state index in [-0.39, 0.29) is 24.1 Å². The fourth-order valence-corrected chi connectivity index (χ4v) is 2.57. The number of methoxy groups -OCH3 is 1. The van der Waals surface area contributed by atoms with Crippen molar-refractivity contribution in [2.24, 2.45) is 5.92 Å². The first-order chi connectivity index (χ1) is 9.97. The molecule has 1 heterocycles. The van der Waals surface area contributed by atoms with E-state index in [9.17, 15) is 9.59 Å². The maximum atomic E-state index is 11.8. The van der Waals surface area contributed by atoms with E-state index in [0.29, 0.717) is 25.6 Å². The maximum absolute atomic E-state index is 11.8. The van der Waals surface area contributed by atoms with Crippen LogP contribution in [0, 0.1) is 5.92 Å². The molecule has 122 valence electrons. The molecule has 6 heteroatoms. The van der Waals surface area contributed by atoms with Crippen molar-refractivity contribution in [1.29, 1.82) is 0 Å². The van der Waals surface area contributed by atoms with Crippen LogP contribution < -0.4 is 5.32 Å². The van der Waals surface area contributed by atoms with E-state index in [1.807, 2.05) is 0 Å². The van der Waals surface area contributed by atoms with Crippen LogP contribution in [-0.4, -0.2) is 55.9 Å². The van der Waals surface area contributed by atoms with Crippen LogP contribution in [0.25, 0.3) is 0 Å². The van der Waals surface area contributed by atoms with Crippen molar-refractivity contribution in [3.8, 4) is 0 Å². The molecule has 0 aromatic heterocycles. The van der Waals surface area contributed by atoms with Crippen molar-refractivity contribution < 1.29 is 19.1 Å². The SMILES string of the molecule is CCOC(=O)N1CCC(NC(CC(C)C)C(=O)OC)CC1. The molecular formula is C15H28N2O4. The number of nitrogens with one attached hydrogen (secondary N) is 1. The fourth-order valence-electron chi connectivity index (χ4n) is 2.57. The standard InChI is InChI=1S/C15H28N2O4/c1-5-21-15(19)17-8-6-12(7-9-17)16-13(10-11(2)3)14(18)20-4/h11-13,16H,5-10H2,1-4H3. The van der Waals surface area contributed by atoms with Gasteiger partial charge in [0.1, 0.15) is 6.04 Å². The minimum absolute atomic E-state index is 0.212. The van der Waals surface area contributed by atoms with Gasteiger partial charge in [-0.2, -0.15) is 0 Å². The third-order valence-electron chi connectivity index (χ3n) is 3.65. The van der Waals surface area contributed by atoms with Crippen molar-refractivity contribution in [2.45, 2.75) is 52.1 Å². The third kappa shape index (κ3) is 5.91. The van der Waals surface area contributed by atoms with Gasteiger partial charge in [0, 0.05) is 19.1 Å². The minimum atomic E-state index is -0.269. The van der Waals surface area contributed by atoms with E-state index in [1.165, 1.54) is 7.11 Å². The Kier molecular flexibility index (Phi) is 7.50. The summed E-state index contributed by atoms with van der Waals surface area (Å²) in [7, 11) is 1.42. The van der Waals surface area contributed by atoms with Crippen LogP contribution in [0.15, 0.2) is 0 Å². The Morgan fingerprint density at radius 3 is 2.38 bits per heavy atom. The first-order valence-electron chi connectivity index (χ1n) is 7.73. The molecule has 0 radical (unpaired) electrons. The molecule has 0 bridgehead atoms. The molecule has 0 aromatic carbocycles. The lowest BCUT2D eigenvalue weighted by Gasteiger charge is -2.33. The second-order valence-corrected chi connectivity index (χ2v) is 5.83. The van der Waals surface area contributed by atoms with Crippen LogP contribution in [0.5, 0.6) is 0 Å². The Morgan fingerprint density at radius 2 is 1.90 bits per heavy atom. The Labute approximate surface area is 127 Å². The number of hydrogen-bond donors (Lipinski definition) is 1. The van der Waals surface area contributed by atoms with Crippen LogP contribution in [0.4, 0.5) is 4.79 Å². The van der Waals surface area contributed by atoms with Gasteiger partial charge in [0.05, 0.1) is 13.7 Å². The molecule has 1 atom stereocenters. The topological polar surface area (TPSA) is 67.9 Å². The highest BCUT2D eigenvalue weighted by molar-refractivity contribution is 5.75. The number of likely N-dealkylation sites (tertiary alicyclic amines) is 1. The van der Waals surface area contributed by atoms with Crippen LogP contribution in [-0.2, 0) is 14.3 Å². The van der Waals surface area contributed by atoms with E-state index in [4.69, 9.17) is 9.47 Å². The molecule has 1 unspecified atom stereocenters. The summed E-state index contributed by atoms with van der Waals surface area (Å²) >= 11 is 0. The average Bonchev–Trinajstić information content (AvgIpc) is 2.46. The van der Waals surface area contributed by atoms with Crippen LogP contribution >= 0.6 is 0 Å². The Hall–Kier alpha value is -1.30. The van der Waals surface area contributed by atoms with Gasteiger partial charge in [-0.3, -0.25) is 4.79 Å². The van der Waals surface area contributed by atoms with Gasteiger partial charge in [-0.1, -0.05) is 13.8 Å². The normalized spacial score (nSPS) is 17.7. The average molecular weight is 300 g/mol. The second-order valence-electron chi connectivity index (χ2n) is 5.83. The summed E-state index contributed by atoms with van der Waals surface area (Å²) in [4.78, 5) is 25.2. The van der Waals surface area contributed by atoms with Gasteiger partial charge >= 0.3 is 12.1 Å². The van der Waals surface area contributed by atoms with Gasteiger partial charge in [0.2, 0.25) is 0 Å². The van der Waals surface area contributed by atoms with E-state index < -0.39 is 0 Å². The number of nitrogens with zero attached hydrogens (tertiary/aromatic N) is 1. The van der Waals surface area contributed by atoms with Crippen molar-refractivity contribution in [3.05, 3.63) is 0 Å². The number of rotatable bonds is 6. The highest BCUT2D eigenvalue weighted by Gasteiger charge is 2.28. The number of carbonyl (C=O) groups excluding carboxylic acids is 2. The van der Waals surface area contributed by atoms with Crippen LogP contribution in [0.2, 0.25) is 0 Å². The maximum Gasteiger partial charge on any atom is 0.409 e. The van der Waals surface area contributed by atoms with E-state index >= 15 is 0 Å². The van der Waals surface area contributed by atoms with Crippen LogP contribution in [0.3, 0.4) is 0 Å². The van der Waals surface area contributed by atoms with Gasteiger partial charge in [0.25, 0.3) is 0 Å². The summed E-state index contributed by atoms with van der Waals surface area (Å²) in [5.74, 6) is 0.206. The molecule has 1 fully saturated rings. The predicted molar refractivity (Wildman–Crippen MR) is 80.0 cm³/mol. The highest BCUT2D eigenvalue weighted by Crippen LogP contribution is 2.14. The summed E-state index contributed by atoms with van der Waals surface area (Å²) in [6.45, 7) is 7.69. The highest BCUT2D eigenvalue weighted by atomic mass is 16.6. The van der Waals surface area contributed by atoms with Crippen molar-refractivity contribution in [2.75, 3.05) is 26.8 Å². The third-order valence-corrected chi connectivity index (χ3v) is 3.65. The van der Waals surface area contributed by atoms with Gasteiger partial charge < -0.3 is 19.7 Å². The summed E-state index contributed by atoms with van der Waals surface area (Å²) < 4.78 is 9.86. The molecule has 1 saturated heterocycles. The summed E-state index contributed by atoms with van der Waals surface area (Å²) in [5, 5.41) is 3.38. The molecule has 1 aliphatic rings. The zero-order valence-electron chi connectivity index (χ0n) is 13.6. The number of hydrogen-bond acceptors (Lipinski definition) is 5. The van der Waals surface area contributed by atoms with Crippen molar-refractivity contribution in [1.82, 2.24) is 10.2 Å². The number of piperidine rings is 1. The summed E-state index contributed by atoms with van der Waals surface area (Å²) in [6.07, 6.45) is 2.15. The van der Waals surface area contributed by atoms with E-state index in [1.54, 1.807) is 11.8 Å². The number of carbonyl (C=O) groups is 2. The van der Waals surface area contributed by atoms with Crippen LogP contribution in [0.1, 0.15) is 40.0 Å². The van der Waals surface area contributed by atoms with Crippen molar-refractivity contribution in [3.63, 3.8) is 0 Å². The van der Waals surface area contributed by atoms with Gasteiger partial charge in [-0.05, 0) is 32.1 Å². The van der Waals surface area contributed by atoms with Gasteiger partial charge in [0.15, 0.2) is 0 Å². The summed E-state index contributed by atoms with van der Waals surface area (Å²) in [6, 6.07) is -0.0346. The first kappa shape index (κ1) is 17.8. The molecule has 0 aliphatic carbocycles. The molecule has 1 amide bonds. The fraction of sp³-hybridized carbons (Fsp3) is 0.867. The van der Waals surface area contributed by atoms with Crippen molar-refractivity contribution >= 4 is 12.1 Å². The minimum Gasteiger partial charge on any atom is -0.468 e. The van der Waals surface area contributed by atoms with E-state index in [2.05, 4.69) is 19.2 Å². The molecule has 0 aromatic rings. The largest absolute Gasteiger partial charge is 0.468 e. The summed E-state index contributed by atoms with van der Waals surface area (Å²) in [5.41, 5.74) is 0. The Morgan fingerprint density at radius 1 is 1.29 bits per heavy atom. The monoisotopic (exact) mass is 300 g/mol. The second kappa shape index (κ2) is 8.87.